The van der Waals surface area contributed by atoms with Gasteiger partial charge in [-0.25, -0.2) is 9.97 Å². The molecule has 136 valence electrons. The van der Waals surface area contributed by atoms with Crippen LogP contribution in [0, 0.1) is 6.92 Å². The van der Waals surface area contributed by atoms with Crippen LogP contribution in [0.15, 0.2) is 54.9 Å². The average molecular weight is 381 g/mol. The van der Waals surface area contributed by atoms with E-state index in [-0.39, 0.29) is 5.75 Å². The summed E-state index contributed by atoms with van der Waals surface area (Å²) in [6.45, 7) is 1.95. The lowest BCUT2D eigenvalue weighted by molar-refractivity contribution is 0.373. The van der Waals surface area contributed by atoms with Crippen LogP contribution in [0.5, 0.6) is 11.5 Å². The normalized spacial score (nSPS) is 10.9. The lowest BCUT2D eigenvalue weighted by Crippen LogP contribution is -1.99. The highest BCUT2D eigenvalue weighted by atomic mass is 35.5. The molecule has 0 amide bonds. The Balaban J connectivity index is 1.91. The maximum absolute atomic E-state index is 9.90. The van der Waals surface area contributed by atoms with Crippen LogP contribution < -0.4 is 10.1 Å². The second kappa shape index (κ2) is 6.81. The van der Waals surface area contributed by atoms with E-state index in [4.69, 9.17) is 16.3 Å². The van der Waals surface area contributed by atoms with Crippen molar-refractivity contribution in [3.8, 4) is 22.8 Å². The summed E-state index contributed by atoms with van der Waals surface area (Å²) in [5, 5.41) is 14.0. The number of anilines is 2. The van der Waals surface area contributed by atoms with Gasteiger partial charge in [0.25, 0.3) is 0 Å². The summed E-state index contributed by atoms with van der Waals surface area (Å²) in [7, 11) is 1.51. The first-order valence-electron chi connectivity index (χ1n) is 8.31. The van der Waals surface area contributed by atoms with E-state index in [2.05, 4.69) is 15.3 Å². The second-order valence-electron chi connectivity index (χ2n) is 6.02. The molecule has 0 radical (unpaired) electrons. The number of ether oxygens (including phenoxy) is 1. The molecule has 4 rings (SSSR count). The summed E-state index contributed by atoms with van der Waals surface area (Å²) in [6.07, 6.45) is 3.58. The van der Waals surface area contributed by atoms with Crippen molar-refractivity contribution in [1.82, 2.24) is 14.4 Å². The minimum atomic E-state index is 0.0725. The Labute approximate surface area is 161 Å². The number of hydrogen-bond donors (Lipinski definition) is 2. The molecule has 0 bridgehead atoms. The molecule has 0 unspecified atom stereocenters. The SMILES string of the molecule is COc1cc(-c2nc3ncccn3c2Nc2cccc(Cl)c2C)ccc1O. The molecule has 0 saturated heterocycles. The van der Waals surface area contributed by atoms with Crippen LogP contribution in [0.25, 0.3) is 17.0 Å². The van der Waals surface area contributed by atoms with Gasteiger partial charge in [0.1, 0.15) is 11.5 Å². The Bertz CT molecular complexity index is 1140. The molecule has 0 fully saturated rings. The van der Waals surface area contributed by atoms with Crippen molar-refractivity contribution in [3.63, 3.8) is 0 Å². The van der Waals surface area contributed by atoms with E-state index in [1.807, 2.05) is 41.8 Å². The number of rotatable bonds is 4. The topological polar surface area (TPSA) is 71.7 Å². The molecule has 0 saturated carbocycles. The Morgan fingerprint density at radius 1 is 1.19 bits per heavy atom. The summed E-state index contributed by atoms with van der Waals surface area (Å²) >= 11 is 6.27. The van der Waals surface area contributed by atoms with E-state index in [1.165, 1.54) is 7.11 Å². The van der Waals surface area contributed by atoms with Gasteiger partial charge in [0, 0.05) is 28.7 Å². The standard InChI is InChI=1S/C20H17ClN4O2/c1-12-14(21)5-3-6-15(12)23-19-18(24-20-22-9-4-10-25(19)20)13-7-8-16(26)17(11-13)27-2/h3-11,23,26H,1-2H3. The fourth-order valence-electron chi connectivity index (χ4n) is 2.90. The van der Waals surface area contributed by atoms with Crippen molar-refractivity contribution >= 4 is 28.9 Å². The Morgan fingerprint density at radius 2 is 2.04 bits per heavy atom. The number of nitrogens with zero attached hydrogens (tertiary/aromatic N) is 3. The third-order valence-corrected chi connectivity index (χ3v) is 4.79. The predicted molar refractivity (Wildman–Crippen MR) is 106 cm³/mol. The molecule has 27 heavy (non-hydrogen) atoms. The van der Waals surface area contributed by atoms with Gasteiger partial charge in [-0.1, -0.05) is 17.7 Å². The molecule has 0 aliphatic carbocycles. The Hall–Kier alpha value is -3.25. The molecule has 0 spiro atoms. The first-order chi connectivity index (χ1) is 13.1. The van der Waals surface area contributed by atoms with Gasteiger partial charge in [0.2, 0.25) is 5.78 Å². The number of aromatic nitrogens is 3. The van der Waals surface area contributed by atoms with E-state index in [9.17, 15) is 5.11 Å². The molecule has 2 N–H and O–H groups in total. The maximum Gasteiger partial charge on any atom is 0.235 e. The largest absolute Gasteiger partial charge is 0.504 e. The summed E-state index contributed by atoms with van der Waals surface area (Å²) in [4.78, 5) is 8.99. The lowest BCUT2D eigenvalue weighted by atomic mass is 10.1. The molecule has 0 aliphatic heterocycles. The zero-order chi connectivity index (χ0) is 19.0. The molecular weight excluding hydrogens is 364 g/mol. The minimum absolute atomic E-state index is 0.0725. The molecular formula is C20H17ClN4O2. The molecule has 7 heteroatoms. The molecule has 0 aliphatic rings. The third-order valence-electron chi connectivity index (χ3n) is 4.38. The number of phenolic OH excluding ortho intramolecular Hbond substituents is 1. The zero-order valence-corrected chi connectivity index (χ0v) is 15.5. The highest BCUT2D eigenvalue weighted by Gasteiger charge is 2.17. The van der Waals surface area contributed by atoms with E-state index >= 15 is 0 Å². The van der Waals surface area contributed by atoms with Crippen LogP contribution in [0.3, 0.4) is 0 Å². The van der Waals surface area contributed by atoms with Gasteiger partial charge in [-0.15, -0.1) is 0 Å². The Morgan fingerprint density at radius 3 is 2.85 bits per heavy atom. The number of hydrogen-bond acceptors (Lipinski definition) is 5. The monoisotopic (exact) mass is 380 g/mol. The Kier molecular flexibility index (Phi) is 4.33. The molecule has 0 atom stereocenters. The van der Waals surface area contributed by atoms with Crippen molar-refractivity contribution in [2.75, 3.05) is 12.4 Å². The van der Waals surface area contributed by atoms with Gasteiger partial charge >= 0.3 is 0 Å². The summed E-state index contributed by atoms with van der Waals surface area (Å²) < 4.78 is 7.11. The average Bonchev–Trinajstić information content (AvgIpc) is 3.04. The first-order valence-corrected chi connectivity index (χ1v) is 8.69. The van der Waals surface area contributed by atoms with Gasteiger partial charge in [-0.05, 0) is 48.9 Å². The van der Waals surface area contributed by atoms with Crippen molar-refractivity contribution < 1.29 is 9.84 Å². The summed E-state index contributed by atoms with van der Waals surface area (Å²) in [5.74, 6) is 1.75. The first kappa shape index (κ1) is 17.2. The molecule has 2 heterocycles. The van der Waals surface area contributed by atoms with Crippen LogP contribution in [0.1, 0.15) is 5.56 Å². The smallest absolute Gasteiger partial charge is 0.235 e. The fraction of sp³-hybridized carbons (Fsp3) is 0.100. The van der Waals surface area contributed by atoms with Crippen molar-refractivity contribution in [2.24, 2.45) is 0 Å². The molecule has 6 nitrogen and oxygen atoms in total. The van der Waals surface area contributed by atoms with E-state index in [1.54, 1.807) is 24.4 Å². The number of phenols is 1. The highest BCUT2D eigenvalue weighted by Crippen LogP contribution is 2.36. The minimum Gasteiger partial charge on any atom is -0.504 e. The van der Waals surface area contributed by atoms with Gasteiger partial charge in [0.05, 0.1) is 7.11 Å². The van der Waals surface area contributed by atoms with Crippen molar-refractivity contribution in [3.05, 3.63) is 65.4 Å². The number of nitrogens with one attached hydrogen (secondary N) is 1. The summed E-state index contributed by atoms with van der Waals surface area (Å²) in [5.41, 5.74) is 3.29. The quantitative estimate of drug-likeness (QED) is 0.531. The number of fused-ring (bicyclic) bond motifs is 1. The zero-order valence-electron chi connectivity index (χ0n) is 14.8. The van der Waals surface area contributed by atoms with Crippen molar-refractivity contribution in [1.29, 1.82) is 0 Å². The molecule has 4 aromatic rings. The molecule has 2 aromatic carbocycles. The highest BCUT2D eigenvalue weighted by molar-refractivity contribution is 6.31. The van der Waals surface area contributed by atoms with Crippen LogP contribution in [0.4, 0.5) is 11.5 Å². The number of benzene rings is 2. The van der Waals surface area contributed by atoms with E-state index in [0.717, 1.165) is 22.6 Å². The molecule has 2 aromatic heterocycles. The third kappa shape index (κ3) is 3.04. The predicted octanol–water partition coefficient (Wildman–Crippen LogP) is 4.82. The van der Waals surface area contributed by atoms with Gasteiger partial charge in [-0.3, -0.25) is 4.40 Å². The number of methoxy groups -OCH3 is 1. The number of aromatic hydroxyl groups is 1. The van der Waals surface area contributed by atoms with Crippen LogP contribution in [-0.4, -0.2) is 26.6 Å². The van der Waals surface area contributed by atoms with Gasteiger partial charge in [0.15, 0.2) is 11.5 Å². The van der Waals surface area contributed by atoms with Crippen LogP contribution >= 0.6 is 11.6 Å². The van der Waals surface area contributed by atoms with Crippen LogP contribution in [0.2, 0.25) is 5.02 Å². The lowest BCUT2D eigenvalue weighted by Gasteiger charge is -2.12. The van der Waals surface area contributed by atoms with Gasteiger partial charge < -0.3 is 15.2 Å². The van der Waals surface area contributed by atoms with Crippen LogP contribution in [-0.2, 0) is 0 Å². The van der Waals surface area contributed by atoms with Gasteiger partial charge in [-0.2, -0.15) is 0 Å². The summed E-state index contributed by atoms with van der Waals surface area (Å²) in [6, 6.07) is 12.7. The van der Waals surface area contributed by atoms with E-state index in [0.29, 0.717) is 22.2 Å². The van der Waals surface area contributed by atoms with E-state index < -0.39 is 0 Å². The maximum atomic E-state index is 9.90. The number of imidazole rings is 1. The van der Waals surface area contributed by atoms with Crippen molar-refractivity contribution in [2.45, 2.75) is 6.92 Å². The second-order valence-corrected chi connectivity index (χ2v) is 6.43. The fourth-order valence-corrected chi connectivity index (χ4v) is 3.08. The number of halogens is 1.